The molecule has 1 aromatic rings. The first-order valence-electron chi connectivity index (χ1n) is 12.3. The van der Waals surface area contributed by atoms with Crippen LogP contribution in [0.2, 0.25) is 0 Å². The molecule has 0 saturated carbocycles. The Labute approximate surface area is 209 Å². The van der Waals surface area contributed by atoms with Crippen LogP contribution in [0.15, 0.2) is 95.1 Å². The highest BCUT2D eigenvalue weighted by Crippen LogP contribution is 2.33. The molecule has 0 radical (unpaired) electrons. The molecular formula is C29H27N3O4. The zero-order valence-electron chi connectivity index (χ0n) is 19.9. The van der Waals surface area contributed by atoms with Crippen LogP contribution in [0.1, 0.15) is 30.4 Å². The minimum Gasteiger partial charge on any atom is -0.484 e. The lowest BCUT2D eigenvalue weighted by atomic mass is 10.00. The first-order valence-corrected chi connectivity index (χ1v) is 12.3. The fourth-order valence-corrected chi connectivity index (χ4v) is 5.29. The molecule has 6 rings (SSSR count). The minimum atomic E-state index is -0.423. The van der Waals surface area contributed by atoms with Gasteiger partial charge < -0.3 is 14.5 Å². The van der Waals surface area contributed by atoms with Crippen LogP contribution < -0.4 is 5.32 Å². The Bertz CT molecular complexity index is 1330. The largest absolute Gasteiger partial charge is 0.484 e. The maximum atomic E-state index is 12.6. The van der Waals surface area contributed by atoms with Gasteiger partial charge in [-0.05, 0) is 52.8 Å². The van der Waals surface area contributed by atoms with Crippen molar-refractivity contribution in [3.63, 3.8) is 0 Å². The van der Waals surface area contributed by atoms with Crippen molar-refractivity contribution >= 4 is 17.6 Å². The van der Waals surface area contributed by atoms with E-state index in [4.69, 9.17) is 4.74 Å². The van der Waals surface area contributed by atoms with E-state index in [1.54, 1.807) is 6.08 Å². The number of fused-ring (bicyclic) bond motifs is 2. The maximum absolute atomic E-state index is 12.6. The first-order chi connectivity index (χ1) is 17.5. The van der Waals surface area contributed by atoms with Gasteiger partial charge in [0.15, 0.2) is 5.76 Å². The Balaban J connectivity index is 1.10. The van der Waals surface area contributed by atoms with E-state index in [1.807, 2.05) is 23.2 Å². The fraction of sp³-hybridized carbons (Fsp3) is 0.276. The Morgan fingerprint density at radius 1 is 0.972 bits per heavy atom. The first kappa shape index (κ1) is 22.3. The number of nitrogens with zero attached hydrogens (tertiary/aromatic N) is 2. The molecule has 2 aliphatic carbocycles. The summed E-state index contributed by atoms with van der Waals surface area (Å²) in [6.07, 6.45) is 15.7. The van der Waals surface area contributed by atoms with Crippen molar-refractivity contribution in [2.75, 3.05) is 13.1 Å². The number of nitrogens with one attached hydrogen (secondary N) is 1. The maximum Gasteiger partial charge on any atom is 0.249 e. The number of allylic oxidation sites excluding steroid dienone is 5. The lowest BCUT2D eigenvalue weighted by molar-refractivity contribution is -0.136. The molecule has 3 aliphatic heterocycles. The molecule has 1 saturated heterocycles. The number of carbonyl (C=O) groups excluding carboxylic acids is 3. The summed E-state index contributed by atoms with van der Waals surface area (Å²) in [7, 11) is 0. The number of benzene rings is 1. The molecule has 1 atom stereocenters. The lowest BCUT2D eigenvalue weighted by Crippen LogP contribution is -2.50. The Morgan fingerprint density at radius 3 is 2.61 bits per heavy atom. The van der Waals surface area contributed by atoms with Crippen LogP contribution in [0, 0.1) is 0 Å². The van der Waals surface area contributed by atoms with Crippen molar-refractivity contribution in [1.82, 2.24) is 15.1 Å². The van der Waals surface area contributed by atoms with Crippen LogP contribution in [0.4, 0.5) is 0 Å². The molecule has 1 unspecified atom stereocenters. The van der Waals surface area contributed by atoms with Gasteiger partial charge in [0, 0.05) is 44.0 Å². The standard InChI is InChI=1S/C29H27N3O4/c33-26-11-9-23-16-32(25-10-12-27(34)30-29(25)35)17-24(23)28(26)36-18-20-7-5-19(6-8-20)13-31-14-21-3-1-2-4-22(21)15-31/h1-3,5-9,11,15-16,25H,4,10,12-14,17-18H2,(H,30,34,35). The highest BCUT2D eigenvalue weighted by atomic mass is 16.5. The third kappa shape index (κ3) is 4.33. The number of rotatable bonds is 6. The van der Waals surface area contributed by atoms with Crippen molar-refractivity contribution in [2.45, 2.75) is 38.5 Å². The van der Waals surface area contributed by atoms with E-state index in [9.17, 15) is 14.4 Å². The molecule has 36 heavy (non-hydrogen) atoms. The van der Waals surface area contributed by atoms with Gasteiger partial charge in [0.05, 0.1) is 0 Å². The van der Waals surface area contributed by atoms with Gasteiger partial charge in [-0.2, -0.15) is 0 Å². The molecule has 0 spiro atoms. The minimum absolute atomic E-state index is 0.170. The van der Waals surface area contributed by atoms with Gasteiger partial charge in [0.1, 0.15) is 12.6 Å². The summed E-state index contributed by atoms with van der Waals surface area (Å²) in [5, 5.41) is 2.40. The zero-order chi connectivity index (χ0) is 24.6. The third-order valence-electron chi connectivity index (χ3n) is 7.20. The Kier molecular flexibility index (Phi) is 5.68. The molecule has 0 bridgehead atoms. The molecular weight excluding hydrogens is 454 g/mol. The predicted octanol–water partition coefficient (Wildman–Crippen LogP) is 3.19. The van der Waals surface area contributed by atoms with Crippen molar-refractivity contribution in [3.8, 4) is 0 Å². The highest BCUT2D eigenvalue weighted by molar-refractivity contribution is 6.06. The number of piperidine rings is 1. The van der Waals surface area contributed by atoms with Crippen LogP contribution in [-0.4, -0.2) is 46.5 Å². The summed E-state index contributed by atoms with van der Waals surface area (Å²) in [4.78, 5) is 40.7. The van der Waals surface area contributed by atoms with Gasteiger partial charge >= 0.3 is 0 Å². The Morgan fingerprint density at radius 2 is 1.81 bits per heavy atom. The van der Waals surface area contributed by atoms with E-state index < -0.39 is 6.04 Å². The number of hydrogen-bond donors (Lipinski definition) is 1. The van der Waals surface area contributed by atoms with E-state index >= 15 is 0 Å². The number of hydrogen-bond acceptors (Lipinski definition) is 6. The summed E-state index contributed by atoms with van der Waals surface area (Å²) in [5.74, 6) is -0.375. The summed E-state index contributed by atoms with van der Waals surface area (Å²) in [6, 6.07) is 7.88. The summed E-state index contributed by atoms with van der Waals surface area (Å²) < 4.78 is 6.03. The lowest BCUT2D eigenvalue weighted by Gasteiger charge is -2.29. The molecule has 7 nitrogen and oxygen atoms in total. The van der Waals surface area contributed by atoms with E-state index in [0.717, 1.165) is 36.2 Å². The quantitative estimate of drug-likeness (QED) is 0.629. The molecule has 0 aromatic heterocycles. The smallest absolute Gasteiger partial charge is 0.249 e. The van der Waals surface area contributed by atoms with Crippen LogP contribution >= 0.6 is 0 Å². The SMILES string of the molecule is O=C1CCC(N2C=C3C=CC(=O)C(OCc4ccc(CN5C=C6CC=CC=C6C5)cc4)=C3C2)C(=O)N1. The van der Waals surface area contributed by atoms with Crippen molar-refractivity contribution in [2.24, 2.45) is 0 Å². The molecule has 1 fully saturated rings. The molecule has 5 aliphatic rings. The molecule has 182 valence electrons. The number of carbonyl (C=O) groups is 3. The van der Waals surface area contributed by atoms with E-state index in [-0.39, 0.29) is 24.2 Å². The monoisotopic (exact) mass is 481 g/mol. The number of imide groups is 1. The molecule has 3 heterocycles. The van der Waals surface area contributed by atoms with Gasteiger partial charge in [-0.3, -0.25) is 19.7 Å². The van der Waals surface area contributed by atoms with Crippen LogP contribution in [0.5, 0.6) is 0 Å². The molecule has 7 heteroatoms. The molecule has 2 amide bonds. The predicted molar refractivity (Wildman–Crippen MR) is 134 cm³/mol. The summed E-state index contributed by atoms with van der Waals surface area (Å²) >= 11 is 0. The van der Waals surface area contributed by atoms with Gasteiger partial charge in [0.25, 0.3) is 0 Å². The topological polar surface area (TPSA) is 79.0 Å². The van der Waals surface area contributed by atoms with Crippen molar-refractivity contribution in [1.29, 1.82) is 0 Å². The van der Waals surface area contributed by atoms with Gasteiger partial charge in [-0.25, -0.2) is 0 Å². The van der Waals surface area contributed by atoms with E-state index in [1.165, 1.54) is 22.8 Å². The van der Waals surface area contributed by atoms with Gasteiger partial charge in [-0.1, -0.05) is 42.5 Å². The average molecular weight is 482 g/mol. The fourth-order valence-electron chi connectivity index (χ4n) is 5.29. The molecule has 1 N–H and O–H groups in total. The van der Waals surface area contributed by atoms with Crippen LogP contribution in [0.25, 0.3) is 0 Å². The third-order valence-corrected chi connectivity index (χ3v) is 7.20. The van der Waals surface area contributed by atoms with E-state index in [2.05, 4.69) is 46.8 Å². The normalized spacial score (nSPS) is 22.8. The highest BCUT2D eigenvalue weighted by Gasteiger charge is 2.36. The zero-order valence-corrected chi connectivity index (χ0v) is 19.9. The average Bonchev–Trinajstić information content (AvgIpc) is 3.48. The number of amides is 2. The summed E-state index contributed by atoms with van der Waals surface area (Å²) in [6.45, 7) is 2.49. The van der Waals surface area contributed by atoms with Crippen LogP contribution in [0.3, 0.4) is 0 Å². The van der Waals surface area contributed by atoms with Gasteiger partial charge in [-0.15, -0.1) is 0 Å². The second-order valence-corrected chi connectivity index (χ2v) is 9.72. The molecule has 1 aromatic carbocycles. The number of ketones is 1. The van der Waals surface area contributed by atoms with Crippen molar-refractivity contribution in [3.05, 3.63) is 106 Å². The Hall–Kier alpha value is -4.13. The summed E-state index contributed by atoms with van der Waals surface area (Å²) in [5.41, 5.74) is 6.67. The van der Waals surface area contributed by atoms with E-state index in [0.29, 0.717) is 25.1 Å². The second kappa shape index (κ2) is 9.15. The number of ether oxygens (including phenoxy) is 1. The van der Waals surface area contributed by atoms with Crippen LogP contribution in [-0.2, 0) is 32.3 Å². The van der Waals surface area contributed by atoms with Crippen molar-refractivity contribution < 1.29 is 19.1 Å². The second-order valence-electron chi connectivity index (χ2n) is 9.72. The van der Waals surface area contributed by atoms with Gasteiger partial charge in [0.2, 0.25) is 17.6 Å².